The number of nitrogens with zero attached hydrogens (tertiary/aromatic N) is 3. The Bertz CT molecular complexity index is 925. The minimum Gasteiger partial charge on any atom is -0.497 e. The fourth-order valence-corrected chi connectivity index (χ4v) is 3.12. The molecule has 0 aliphatic carbocycles. The second-order valence-electron chi connectivity index (χ2n) is 6.78. The largest absolute Gasteiger partial charge is 0.497 e. The van der Waals surface area contributed by atoms with E-state index in [9.17, 15) is 0 Å². The molecule has 0 saturated carbocycles. The van der Waals surface area contributed by atoms with Gasteiger partial charge in [-0.3, -0.25) is 5.10 Å². The van der Waals surface area contributed by atoms with Crippen LogP contribution in [0.15, 0.2) is 36.4 Å². The van der Waals surface area contributed by atoms with E-state index in [-0.39, 0.29) is 1.43 Å². The number of rotatable bonds is 6. The molecule has 0 spiro atoms. The summed E-state index contributed by atoms with van der Waals surface area (Å²) in [6.45, 7) is 3.50. The van der Waals surface area contributed by atoms with Gasteiger partial charge in [0, 0.05) is 44.1 Å². The lowest BCUT2D eigenvalue weighted by molar-refractivity contribution is 0.0904. The number of methoxy groups -OCH3 is 1. The van der Waals surface area contributed by atoms with Gasteiger partial charge in [-0.1, -0.05) is 0 Å². The minimum atomic E-state index is 0. The van der Waals surface area contributed by atoms with Crippen molar-refractivity contribution in [2.24, 2.45) is 0 Å². The molecule has 1 saturated heterocycles. The molecule has 0 amide bonds. The van der Waals surface area contributed by atoms with Crippen molar-refractivity contribution >= 4 is 17.5 Å². The van der Waals surface area contributed by atoms with E-state index in [0.717, 1.165) is 48.9 Å². The van der Waals surface area contributed by atoms with Crippen LogP contribution in [0.5, 0.6) is 5.75 Å². The Labute approximate surface area is 165 Å². The van der Waals surface area contributed by atoms with Crippen LogP contribution in [-0.2, 0) is 4.74 Å². The molecule has 0 radical (unpaired) electrons. The number of ether oxygens (including phenoxy) is 2. The summed E-state index contributed by atoms with van der Waals surface area (Å²) in [5, 5.41) is 13.9. The predicted octanol–water partition coefficient (Wildman–Crippen LogP) is 3.76. The molecule has 148 valence electrons. The number of benzene rings is 1. The van der Waals surface area contributed by atoms with Crippen LogP contribution in [0.3, 0.4) is 0 Å². The predicted molar refractivity (Wildman–Crippen MR) is 110 cm³/mol. The Hall–Kier alpha value is -3.13. The van der Waals surface area contributed by atoms with Gasteiger partial charge in [-0.05, 0) is 44.0 Å². The maximum atomic E-state index is 5.45. The number of aromatic nitrogens is 4. The molecule has 0 atom stereocenters. The van der Waals surface area contributed by atoms with E-state index in [4.69, 9.17) is 14.5 Å². The molecular formula is C20H26N6O2. The number of hydrogen-bond acceptors (Lipinski definition) is 7. The van der Waals surface area contributed by atoms with E-state index in [1.807, 2.05) is 43.3 Å². The number of aromatic amines is 1. The summed E-state index contributed by atoms with van der Waals surface area (Å²) in [6, 6.07) is 11.9. The number of anilines is 3. The molecule has 1 aromatic carbocycles. The van der Waals surface area contributed by atoms with E-state index in [1.54, 1.807) is 7.11 Å². The van der Waals surface area contributed by atoms with Crippen LogP contribution in [0.25, 0.3) is 11.4 Å². The molecule has 1 aliphatic heterocycles. The summed E-state index contributed by atoms with van der Waals surface area (Å²) < 4.78 is 10.7. The van der Waals surface area contributed by atoms with Gasteiger partial charge in [-0.15, -0.1) is 0 Å². The van der Waals surface area contributed by atoms with Gasteiger partial charge < -0.3 is 20.1 Å². The van der Waals surface area contributed by atoms with Crippen LogP contribution in [0.2, 0.25) is 0 Å². The number of H-pyrrole nitrogens is 1. The van der Waals surface area contributed by atoms with Crippen molar-refractivity contribution in [2.75, 3.05) is 31.0 Å². The quantitative estimate of drug-likeness (QED) is 0.597. The molecule has 4 rings (SSSR count). The monoisotopic (exact) mass is 382 g/mol. The molecule has 2 aromatic heterocycles. The molecule has 1 fully saturated rings. The number of hydrogen-bond donors (Lipinski definition) is 3. The molecule has 28 heavy (non-hydrogen) atoms. The average Bonchev–Trinajstić information content (AvgIpc) is 3.13. The van der Waals surface area contributed by atoms with Gasteiger partial charge in [-0.2, -0.15) is 5.10 Å². The lowest BCUT2D eigenvalue weighted by Gasteiger charge is -2.24. The van der Waals surface area contributed by atoms with E-state index >= 15 is 0 Å². The maximum absolute atomic E-state index is 5.45. The zero-order valence-corrected chi connectivity index (χ0v) is 16.0. The van der Waals surface area contributed by atoms with E-state index in [0.29, 0.717) is 23.5 Å². The van der Waals surface area contributed by atoms with Crippen LogP contribution in [0, 0.1) is 6.92 Å². The fraction of sp³-hybridized carbons (Fsp3) is 0.350. The number of nitrogens with one attached hydrogen (secondary N) is 3. The third-order valence-corrected chi connectivity index (χ3v) is 4.61. The second kappa shape index (κ2) is 8.26. The summed E-state index contributed by atoms with van der Waals surface area (Å²) in [4.78, 5) is 9.40. The normalized spacial score (nSPS) is 14.6. The van der Waals surface area contributed by atoms with Crippen LogP contribution >= 0.6 is 0 Å². The second-order valence-corrected chi connectivity index (χ2v) is 6.78. The fourth-order valence-electron chi connectivity index (χ4n) is 3.12. The summed E-state index contributed by atoms with van der Waals surface area (Å²) in [5.41, 5.74) is 1.89. The topological polar surface area (TPSA) is 97.0 Å². The molecule has 3 N–H and O–H groups in total. The zero-order chi connectivity index (χ0) is 19.3. The van der Waals surface area contributed by atoms with Crippen molar-refractivity contribution in [1.82, 2.24) is 20.2 Å². The van der Waals surface area contributed by atoms with Crippen LogP contribution in [0.4, 0.5) is 17.5 Å². The van der Waals surface area contributed by atoms with Gasteiger partial charge in [0.2, 0.25) is 0 Å². The van der Waals surface area contributed by atoms with Gasteiger partial charge >= 0.3 is 0 Å². The van der Waals surface area contributed by atoms with Crippen molar-refractivity contribution in [3.63, 3.8) is 0 Å². The molecule has 0 bridgehead atoms. The summed E-state index contributed by atoms with van der Waals surface area (Å²) in [6.07, 6.45) is 1.92. The molecule has 3 aromatic rings. The molecule has 8 heteroatoms. The van der Waals surface area contributed by atoms with Gasteiger partial charge in [-0.25, -0.2) is 9.97 Å². The number of aryl methyl sites for hydroxylation is 1. The SMILES string of the molecule is COc1ccc(-c2nc(Nc3cc(C)[nH]n3)cc(NC3CCOCC3)n2)cc1.[HH]. The summed E-state index contributed by atoms with van der Waals surface area (Å²) in [5.74, 6) is 3.61. The highest BCUT2D eigenvalue weighted by molar-refractivity contribution is 5.64. The Balaban J connectivity index is 0.00000240. The smallest absolute Gasteiger partial charge is 0.163 e. The minimum absolute atomic E-state index is 0. The molecule has 8 nitrogen and oxygen atoms in total. The Morgan fingerprint density at radius 2 is 1.82 bits per heavy atom. The zero-order valence-electron chi connectivity index (χ0n) is 16.0. The Morgan fingerprint density at radius 1 is 1.07 bits per heavy atom. The standard InChI is InChI=1S/C20H24N6O2.H2/c1-13-11-19(26-25-13)22-18-12-17(21-15-7-9-28-10-8-15)23-20(24-18)14-3-5-16(27-2)6-4-14;/h3-6,11-12,15H,7-10H2,1-2H3,(H3,21,22,23,24,25,26);1H. The first-order valence-electron chi connectivity index (χ1n) is 9.36. The molecule has 3 heterocycles. The van der Waals surface area contributed by atoms with E-state index < -0.39 is 0 Å². The van der Waals surface area contributed by atoms with Crippen LogP contribution in [-0.4, -0.2) is 46.5 Å². The van der Waals surface area contributed by atoms with Crippen molar-refractivity contribution < 1.29 is 10.9 Å². The van der Waals surface area contributed by atoms with Crippen molar-refractivity contribution in [3.8, 4) is 17.1 Å². The highest BCUT2D eigenvalue weighted by atomic mass is 16.5. The van der Waals surface area contributed by atoms with Crippen LogP contribution in [0.1, 0.15) is 20.0 Å². The third kappa shape index (κ3) is 4.40. The summed E-state index contributed by atoms with van der Waals surface area (Å²) >= 11 is 0. The van der Waals surface area contributed by atoms with Gasteiger partial charge in [0.05, 0.1) is 7.11 Å². The van der Waals surface area contributed by atoms with Crippen molar-refractivity contribution in [2.45, 2.75) is 25.8 Å². The molecule has 0 unspecified atom stereocenters. The lowest BCUT2D eigenvalue weighted by Crippen LogP contribution is -2.28. The van der Waals surface area contributed by atoms with Gasteiger partial charge in [0.25, 0.3) is 0 Å². The van der Waals surface area contributed by atoms with E-state index in [2.05, 4.69) is 25.8 Å². The lowest BCUT2D eigenvalue weighted by atomic mass is 10.1. The van der Waals surface area contributed by atoms with Crippen LogP contribution < -0.4 is 15.4 Å². The van der Waals surface area contributed by atoms with Crippen molar-refractivity contribution in [1.29, 1.82) is 0 Å². The molecule has 1 aliphatic rings. The highest BCUT2D eigenvalue weighted by Gasteiger charge is 2.16. The van der Waals surface area contributed by atoms with Gasteiger partial charge in [0.15, 0.2) is 11.6 Å². The first kappa shape index (κ1) is 18.2. The Kier molecular flexibility index (Phi) is 5.38. The average molecular weight is 382 g/mol. The maximum Gasteiger partial charge on any atom is 0.163 e. The Morgan fingerprint density at radius 3 is 2.50 bits per heavy atom. The first-order chi connectivity index (χ1) is 13.7. The third-order valence-electron chi connectivity index (χ3n) is 4.61. The molecular weight excluding hydrogens is 356 g/mol. The van der Waals surface area contributed by atoms with Gasteiger partial charge in [0.1, 0.15) is 17.4 Å². The summed E-state index contributed by atoms with van der Waals surface area (Å²) in [7, 11) is 1.65. The highest BCUT2D eigenvalue weighted by Crippen LogP contribution is 2.25. The van der Waals surface area contributed by atoms with E-state index in [1.165, 1.54) is 0 Å². The van der Waals surface area contributed by atoms with Crippen molar-refractivity contribution in [3.05, 3.63) is 42.1 Å². The first-order valence-corrected chi connectivity index (χ1v) is 9.36.